The Balaban J connectivity index is 1.77. The highest BCUT2D eigenvalue weighted by Crippen LogP contribution is 2.72. The van der Waals surface area contributed by atoms with E-state index in [2.05, 4.69) is 11.8 Å². The molecule has 78 valence electrons. The summed E-state index contributed by atoms with van der Waals surface area (Å²) in [6.07, 6.45) is 10.7. The summed E-state index contributed by atoms with van der Waals surface area (Å²) in [4.78, 5) is 2.90. The molecule has 0 aromatic heterocycles. The lowest BCUT2D eigenvalue weighted by Crippen LogP contribution is -2.43. The monoisotopic (exact) mass is 191 g/mol. The molecule has 0 bridgehead atoms. The normalized spacial score (nSPS) is 46.1. The highest BCUT2D eigenvalue weighted by molar-refractivity contribution is 5.24. The Labute approximate surface area is 86.9 Å². The summed E-state index contributed by atoms with van der Waals surface area (Å²) in [6, 6.07) is 0. The van der Waals surface area contributed by atoms with Crippen LogP contribution in [-0.2, 0) is 0 Å². The van der Waals surface area contributed by atoms with Gasteiger partial charge in [-0.1, -0.05) is 6.92 Å². The van der Waals surface area contributed by atoms with Gasteiger partial charge in [-0.25, -0.2) is 0 Å². The third kappa shape index (κ3) is 0.711. The zero-order valence-corrected chi connectivity index (χ0v) is 9.31. The number of nitrogens with zero attached hydrogens (tertiary/aromatic N) is 1. The Bertz CT molecular complexity index is 288. The topological polar surface area (TPSA) is 3.24 Å². The van der Waals surface area contributed by atoms with E-state index in [4.69, 9.17) is 0 Å². The van der Waals surface area contributed by atoms with Crippen LogP contribution < -0.4 is 0 Å². The van der Waals surface area contributed by atoms with Crippen molar-refractivity contribution < 1.29 is 0 Å². The zero-order chi connectivity index (χ0) is 9.44. The maximum Gasteiger partial charge on any atom is 0.0269 e. The second-order valence-electron chi connectivity index (χ2n) is 6.51. The summed E-state index contributed by atoms with van der Waals surface area (Å²) < 4.78 is 0. The Kier molecular flexibility index (Phi) is 1.20. The van der Waals surface area contributed by atoms with Crippen LogP contribution in [0.25, 0.3) is 0 Å². The maximum absolute atomic E-state index is 2.90. The molecule has 4 rings (SSSR count). The van der Waals surface area contributed by atoms with E-state index in [9.17, 15) is 0 Å². The van der Waals surface area contributed by atoms with E-state index in [-0.39, 0.29) is 0 Å². The standard InChI is InChI=1S/C13H21N/c1-2-13-9-11(3-4-11)10-14(13)8-7-12(13)5-6-12/h2-10H2,1H3/t13-/m1/s1. The first-order valence-electron chi connectivity index (χ1n) is 6.50. The third-order valence-corrected chi connectivity index (χ3v) is 6.04. The van der Waals surface area contributed by atoms with E-state index in [1.165, 1.54) is 25.9 Å². The van der Waals surface area contributed by atoms with E-state index in [1.807, 2.05) is 0 Å². The van der Waals surface area contributed by atoms with Crippen LogP contribution in [0, 0.1) is 10.8 Å². The van der Waals surface area contributed by atoms with Crippen LogP contribution in [-0.4, -0.2) is 23.5 Å². The molecule has 2 aliphatic carbocycles. The lowest BCUT2D eigenvalue weighted by Gasteiger charge is -2.37. The molecular weight excluding hydrogens is 170 g/mol. The number of hydrogen-bond acceptors (Lipinski definition) is 1. The van der Waals surface area contributed by atoms with Crippen molar-refractivity contribution in [3.8, 4) is 0 Å². The van der Waals surface area contributed by atoms with Gasteiger partial charge < -0.3 is 0 Å². The Morgan fingerprint density at radius 3 is 2.43 bits per heavy atom. The van der Waals surface area contributed by atoms with Gasteiger partial charge in [-0.05, 0) is 62.3 Å². The Morgan fingerprint density at radius 2 is 1.86 bits per heavy atom. The SMILES string of the molecule is CC[C@]12CC3(CC3)CN1CCC21CC1. The first kappa shape index (κ1) is 8.15. The number of fused-ring (bicyclic) bond motifs is 2. The molecule has 0 N–H and O–H groups in total. The summed E-state index contributed by atoms with van der Waals surface area (Å²) in [7, 11) is 0. The second kappa shape index (κ2) is 2.07. The minimum absolute atomic E-state index is 0.684. The highest BCUT2D eigenvalue weighted by atomic mass is 15.3. The fraction of sp³-hybridized carbons (Fsp3) is 1.00. The first-order valence-corrected chi connectivity index (χ1v) is 6.50. The van der Waals surface area contributed by atoms with Crippen molar-refractivity contribution in [2.75, 3.05) is 13.1 Å². The van der Waals surface area contributed by atoms with Gasteiger partial charge in [0, 0.05) is 12.1 Å². The predicted octanol–water partition coefficient (Wildman–Crippen LogP) is 2.81. The van der Waals surface area contributed by atoms with Crippen molar-refractivity contribution in [3.05, 3.63) is 0 Å². The lowest BCUT2D eigenvalue weighted by atomic mass is 9.75. The molecule has 0 unspecified atom stereocenters. The molecule has 2 saturated heterocycles. The summed E-state index contributed by atoms with van der Waals surface area (Å²) in [6.45, 7) is 5.33. The average molecular weight is 191 g/mol. The number of hydrogen-bond donors (Lipinski definition) is 0. The van der Waals surface area contributed by atoms with Gasteiger partial charge in [-0.3, -0.25) is 4.90 Å². The van der Waals surface area contributed by atoms with Gasteiger partial charge in [-0.2, -0.15) is 0 Å². The molecule has 0 aromatic carbocycles. The van der Waals surface area contributed by atoms with Crippen LogP contribution in [0.4, 0.5) is 0 Å². The second-order valence-corrected chi connectivity index (χ2v) is 6.51. The maximum atomic E-state index is 2.90. The van der Waals surface area contributed by atoms with Crippen LogP contribution in [0.3, 0.4) is 0 Å². The van der Waals surface area contributed by atoms with Gasteiger partial charge in [0.05, 0.1) is 0 Å². The quantitative estimate of drug-likeness (QED) is 0.616. The molecule has 2 heterocycles. The van der Waals surface area contributed by atoms with Crippen LogP contribution in [0.15, 0.2) is 0 Å². The molecule has 4 aliphatic rings. The van der Waals surface area contributed by atoms with Crippen LogP contribution in [0.5, 0.6) is 0 Å². The van der Waals surface area contributed by atoms with Gasteiger partial charge in [-0.15, -0.1) is 0 Å². The Hall–Kier alpha value is -0.0400. The van der Waals surface area contributed by atoms with Gasteiger partial charge in [0.1, 0.15) is 0 Å². The number of rotatable bonds is 1. The van der Waals surface area contributed by atoms with E-state index in [1.54, 1.807) is 32.1 Å². The molecular formula is C13H21N. The predicted molar refractivity (Wildman–Crippen MR) is 57.2 cm³/mol. The summed E-state index contributed by atoms with van der Waals surface area (Å²) >= 11 is 0. The molecule has 14 heavy (non-hydrogen) atoms. The molecule has 0 radical (unpaired) electrons. The fourth-order valence-corrected chi connectivity index (χ4v) is 4.84. The van der Waals surface area contributed by atoms with Crippen LogP contribution in [0.1, 0.15) is 51.9 Å². The Morgan fingerprint density at radius 1 is 1.07 bits per heavy atom. The van der Waals surface area contributed by atoms with E-state index in [0.717, 1.165) is 10.8 Å². The molecule has 1 atom stereocenters. The molecule has 1 heteroatoms. The van der Waals surface area contributed by atoms with Crippen LogP contribution >= 0.6 is 0 Å². The molecule has 1 nitrogen and oxygen atoms in total. The molecule has 0 amide bonds. The fourth-order valence-electron chi connectivity index (χ4n) is 4.84. The molecule has 2 spiro atoms. The van der Waals surface area contributed by atoms with E-state index in [0.29, 0.717) is 5.54 Å². The summed E-state index contributed by atoms with van der Waals surface area (Å²) in [5.41, 5.74) is 2.32. The van der Waals surface area contributed by atoms with Crippen molar-refractivity contribution in [2.24, 2.45) is 10.8 Å². The minimum Gasteiger partial charge on any atom is -0.297 e. The zero-order valence-electron chi connectivity index (χ0n) is 9.31. The third-order valence-electron chi connectivity index (χ3n) is 6.04. The van der Waals surface area contributed by atoms with Gasteiger partial charge in [0.15, 0.2) is 0 Å². The van der Waals surface area contributed by atoms with Crippen molar-refractivity contribution in [1.29, 1.82) is 0 Å². The van der Waals surface area contributed by atoms with Crippen molar-refractivity contribution in [3.63, 3.8) is 0 Å². The summed E-state index contributed by atoms with van der Waals surface area (Å²) in [5.74, 6) is 0. The molecule has 2 saturated carbocycles. The smallest absolute Gasteiger partial charge is 0.0269 e. The van der Waals surface area contributed by atoms with Crippen molar-refractivity contribution >= 4 is 0 Å². The minimum atomic E-state index is 0.684. The van der Waals surface area contributed by atoms with Gasteiger partial charge >= 0.3 is 0 Å². The van der Waals surface area contributed by atoms with E-state index < -0.39 is 0 Å². The average Bonchev–Trinajstić information content (AvgIpc) is 3.02. The molecule has 0 aromatic rings. The molecule has 4 fully saturated rings. The van der Waals surface area contributed by atoms with Gasteiger partial charge in [0.2, 0.25) is 0 Å². The van der Waals surface area contributed by atoms with E-state index >= 15 is 0 Å². The van der Waals surface area contributed by atoms with Gasteiger partial charge in [0.25, 0.3) is 0 Å². The van der Waals surface area contributed by atoms with Crippen molar-refractivity contribution in [2.45, 2.75) is 57.4 Å². The van der Waals surface area contributed by atoms with Crippen molar-refractivity contribution in [1.82, 2.24) is 4.90 Å². The highest BCUT2D eigenvalue weighted by Gasteiger charge is 2.71. The first-order chi connectivity index (χ1) is 6.74. The largest absolute Gasteiger partial charge is 0.297 e. The van der Waals surface area contributed by atoms with Crippen LogP contribution in [0.2, 0.25) is 0 Å². The molecule has 2 aliphatic heterocycles. The lowest BCUT2D eigenvalue weighted by molar-refractivity contribution is 0.130. The summed E-state index contributed by atoms with van der Waals surface area (Å²) in [5, 5.41) is 0.